The largest absolute Gasteiger partial charge is 0.456 e. The van der Waals surface area contributed by atoms with E-state index in [4.69, 9.17) is 4.42 Å². The molecule has 0 saturated carbocycles. The SMILES string of the molecule is C=C(/C=C\C(=C/C)N(c1ccc2[nH]c3c(c2c1)CCC=C3)c1cc(C#N)ccc1C#N)[C@@H]1C=c2c(oc3ccccc23)=CC1. The minimum atomic E-state index is 0.124. The van der Waals surface area contributed by atoms with Crippen molar-refractivity contribution in [3.63, 3.8) is 0 Å². The number of allylic oxidation sites excluding steroid dienone is 5. The highest BCUT2D eigenvalue weighted by Gasteiger charge is 2.21. The molecule has 0 bridgehead atoms. The van der Waals surface area contributed by atoms with Gasteiger partial charge in [-0.3, -0.25) is 0 Å². The summed E-state index contributed by atoms with van der Waals surface area (Å²) in [6.07, 6.45) is 17.7. The summed E-state index contributed by atoms with van der Waals surface area (Å²) >= 11 is 0. The minimum absolute atomic E-state index is 0.124. The van der Waals surface area contributed by atoms with Crippen molar-refractivity contribution in [2.75, 3.05) is 4.90 Å². The van der Waals surface area contributed by atoms with Crippen LogP contribution in [0.1, 0.15) is 42.1 Å². The zero-order valence-electron chi connectivity index (χ0n) is 24.5. The number of benzene rings is 3. The van der Waals surface area contributed by atoms with Crippen LogP contribution in [0, 0.1) is 28.6 Å². The van der Waals surface area contributed by atoms with Gasteiger partial charge in [0, 0.05) is 44.5 Å². The molecule has 3 aromatic carbocycles. The van der Waals surface area contributed by atoms with Crippen LogP contribution < -0.4 is 15.5 Å². The quantitative estimate of drug-likeness (QED) is 0.210. The third-order valence-electron chi connectivity index (χ3n) is 8.60. The number of aromatic nitrogens is 1. The van der Waals surface area contributed by atoms with E-state index >= 15 is 0 Å². The number of aryl methyl sites for hydroxylation is 1. The maximum absolute atomic E-state index is 10.1. The Morgan fingerprint density at radius 3 is 2.77 bits per heavy atom. The van der Waals surface area contributed by atoms with E-state index in [0.717, 1.165) is 69.0 Å². The molecule has 0 amide bonds. The van der Waals surface area contributed by atoms with Crippen LogP contribution in [0.15, 0.2) is 107 Å². The average Bonchev–Trinajstić information content (AvgIpc) is 3.63. The number of hydrogen-bond donors (Lipinski definition) is 1. The van der Waals surface area contributed by atoms with Crippen LogP contribution in [-0.2, 0) is 6.42 Å². The number of nitrogens with zero attached hydrogens (tertiary/aromatic N) is 3. The van der Waals surface area contributed by atoms with Crippen molar-refractivity contribution in [1.82, 2.24) is 4.98 Å². The highest BCUT2D eigenvalue weighted by molar-refractivity contribution is 5.92. The molecule has 0 unspecified atom stereocenters. The van der Waals surface area contributed by atoms with Gasteiger partial charge in [0.15, 0.2) is 0 Å². The molecule has 2 aliphatic rings. The van der Waals surface area contributed by atoms with E-state index in [1.54, 1.807) is 18.2 Å². The molecule has 2 aromatic heterocycles. The van der Waals surface area contributed by atoms with Crippen molar-refractivity contribution in [2.24, 2.45) is 5.92 Å². The highest BCUT2D eigenvalue weighted by atomic mass is 16.3. The molecular formula is C39H30N4O. The molecule has 44 heavy (non-hydrogen) atoms. The third kappa shape index (κ3) is 4.66. The van der Waals surface area contributed by atoms with Gasteiger partial charge in [-0.1, -0.05) is 49.1 Å². The number of para-hydroxylation sites is 1. The smallest absolute Gasteiger partial charge is 0.135 e. The van der Waals surface area contributed by atoms with Gasteiger partial charge in [-0.05, 0) is 98.0 Å². The third-order valence-corrected chi connectivity index (χ3v) is 8.60. The number of nitriles is 2. The van der Waals surface area contributed by atoms with Crippen LogP contribution in [0.25, 0.3) is 40.1 Å². The number of rotatable bonds is 6. The Morgan fingerprint density at radius 2 is 1.93 bits per heavy atom. The molecule has 5 heteroatoms. The fraction of sp³-hybridized carbons (Fsp3) is 0.128. The van der Waals surface area contributed by atoms with Gasteiger partial charge in [-0.2, -0.15) is 10.5 Å². The lowest BCUT2D eigenvalue weighted by atomic mass is 9.92. The minimum Gasteiger partial charge on any atom is -0.456 e. The normalized spacial score (nSPS) is 15.7. The molecule has 0 aliphatic heterocycles. The topological polar surface area (TPSA) is 79.8 Å². The number of hydrogen-bond acceptors (Lipinski definition) is 4. The lowest BCUT2D eigenvalue weighted by Crippen LogP contribution is -2.25. The first-order chi connectivity index (χ1) is 21.6. The fourth-order valence-electron chi connectivity index (χ4n) is 6.33. The van der Waals surface area contributed by atoms with Crippen LogP contribution in [0.5, 0.6) is 0 Å². The van der Waals surface area contributed by atoms with Crippen molar-refractivity contribution in [3.8, 4) is 12.1 Å². The Hall–Kier alpha value is -5.78. The van der Waals surface area contributed by atoms with Gasteiger partial charge >= 0.3 is 0 Å². The maximum Gasteiger partial charge on any atom is 0.135 e. The fourth-order valence-corrected chi connectivity index (χ4v) is 6.33. The number of furan rings is 1. The summed E-state index contributed by atoms with van der Waals surface area (Å²) in [5, 5.41) is 23.3. The highest BCUT2D eigenvalue weighted by Crippen LogP contribution is 2.38. The first-order valence-corrected chi connectivity index (χ1v) is 14.9. The summed E-state index contributed by atoms with van der Waals surface area (Å²) in [6.45, 7) is 6.44. The molecule has 212 valence electrons. The molecule has 1 atom stereocenters. The van der Waals surface area contributed by atoms with Crippen molar-refractivity contribution in [3.05, 3.63) is 136 Å². The summed E-state index contributed by atoms with van der Waals surface area (Å²) in [6, 6.07) is 24.3. The van der Waals surface area contributed by atoms with Gasteiger partial charge in [0.25, 0.3) is 0 Å². The Bertz CT molecular complexity index is 2280. The Kier molecular flexibility index (Phi) is 6.85. The van der Waals surface area contributed by atoms with Gasteiger partial charge in [-0.25, -0.2) is 0 Å². The van der Waals surface area contributed by atoms with Gasteiger partial charge < -0.3 is 14.3 Å². The zero-order valence-corrected chi connectivity index (χ0v) is 24.5. The van der Waals surface area contributed by atoms with Crippen LogP contribution in [0.4, 0.5) is 11.4 Å². The van der Waals surface area contributed by atoms with Crippen LogP contribution >= 0.6 is 0 Å². The first kappa shape index (κ1) is 27.1. The van der Waals surface area contributed by atoms with E-state index in [-0.39, 0.29) is 5.92 Å². The molecule has 0 saturated heterocycles. The molecule has 5 aromatic rings. The Morgan fingerprint density at radius 1 is 1.05 bits per heavy atom. The van der Waals surface area contributed by atoms with Crippen LogP contribution in [-0.4, -0.2) is 4.98 Å². The molecule has 0 fully saturated rings. The van der Waals surface area contributed by atoms with Crippen molar-refractivity contribution >= 4 is 51.5 Å². The summed E-state index contributed by atoms with van der Waals surface area (Å²) < 4.78 is 6.06. The number of aromatic amines is 1. The first-order valence-electron chi connectivity index (χ1n) is 14.9. The van der Waals surface area contributed by atoms with E-state index in [2.05, 4.69) is 89.3 Å². The predicted octanol–water partition coefficient (Wildman–Crippen LogP) is 8.05. The number of nitrogens with one attached hydrogen (secondary N) is 1. The Balaban J connectivity index is 1.30. The summed E-state index contributed by atoms with van der Waals surface area (Å²) in [5.41, 5.74) is 9.74. The Labute approximate surface area is 256 Å². The second kappa shape index (κ2) is 11.1. The molecule has 7 rings (SSSR count). The average molecular weight is 571 g/mol. The second-order valence-corrected chi connectivity index (χ2v) is 11.2. The number of H-pyrrole nitrogens is 1. The molecule has 1 N–H and O–H groups in total. The summed E-state index contributed by atoms with van der Waals surface area (Å²) in [7, 11) is 0. The van der Waals surface area contributed by atoms with Crippen LogP contribution in [0.2, 0.25) is 0 Å². The lowest BCUT2D eigenvalue weighted by molar-refractivity contribution is 0.569. The van der Waals surface area contributed by atoms with E-state index in [0.29, 0.717) is 16.8 Å². The molecule has 0 spiro atoms. The van der Waals surface area contributed by atoms with Crippen LogP contribution in [0.3, 0.4) is 0 Å². The maximum atomic E-state index is 10.1. The molecule has 0 radical (unpaired) electrons. The zero-order chi connectivity index (χ0) is 30.2. The number of anilines is 2. The molecule has 2 aliphatic carbocycles. The summed E-state index contributed by atoms with van der Waals surface area (Å²) in [5.74, 6) is 0.124. The van der Waals surface area contributed by atoms with Gasteiger partial charge in [-0.15, -0.1) is 0 Å². The predicted molar refractivity (Wildman–Crippen MR) is 178 cm³/mol. The van der Waals surface area contributed by atoms with Crippen molar-refractivity contribution < 1.29 is 4.42 Å². The lowest BCUT2D eigenvalue weighted by Gasteiger charge is -2.28. The van der Waals surface area contributed by atoms with Crippen molar-refractivity contribution in [2.45, 2.75) is 26.2 Å². The monoisotopic (exact) mass is 570 g/mol. The van der Waals surface area contributed by atoms with E-state index in [1.807, 2.05) is 31.2 Å². The van der Waals surface area contributed by atoms with Gasteiger partial charge in [0.05, 0.1) is 22.9 Å². The summed E-state index contributed by atoms with van der Waals surface area (Å²) in [4.78, 5) is 5.61. The molecular weight excluding hydrogens is 540 g/mol. The molecule has 5 nitrogen and oxygen atoms in total. The van der Waals surface area contributed by atoms with Gasteiger partial charge in [0.2, 0.25) is 0 Å². The number of fused-ring (bicyclic) bond motifs is 6. The standard InChI is InChI=1S/C39H30N4O/c1-3-29(16-12-25(2)27-15-19-39-34(21-27)32-9-5-7-11-38(32)44-39)43(37-20-26(23-40)13-14-28(37)24-41)30-17-18-36-33(22-30)31-8-4-6-10-35(31)42-36/h3,5-7,9-14,16-22,27,42H,2,4,8,15H2,1H3/b16-12-,29-3+/t27-/m0/s1. The van der Waals surface area contributed by atoms with Crippen molar-refractivity contribution in [1.29, 1.82) is 10.5 Å². The van der Waals surface area contributed by atoms with E-state index in [1.165, 1.54) is 10.9 Å². The second-order valence-electron chi connectivity index (χ2n) is 11.2. The van der Waals surface area contributed by atoms with E-state index in [9.17, 15) is 10.5 Å². The molecule has 2 heterocycles. The van der Waals surface area contributed by atoms with E-state index < -0.39 is 0 Å². The van der Waals surface area contributed by atoms with Gasteiger partial charge in [0.1, 0.15) is 17.1 Å².